The number of sulfonamides is 1. The van der Waals surface area contributed by atoms with Crippen LogP contribution in [-0.2, 0) is 20.3 Å². The summed E-state index contributed by atoms with van der Waals surface area (Å²) < 4.78 is 77.5. The fourth-order valence-electron chi connectivity index (χ4n) is 3.48. The molecule has 1 aliphatic heterocycles. The molecule has 17 heteroatoms. The van der Waals surface area contributed by atoms with Gasteiger partial charge in [-0.2, -0.15) is 4.31 Å². The number of nitro benzene ring substituents is 1. The van der Waals surface area contributed by atoms with Crippen LogP contribution < -0.4 is 113 Å². The predicted molar refractivity (Wildman–Crippen MR) is 114 cm³/mol. The summed E-state index contributed by atoms with van der Waals surface area (Å²) in [4.78, 5) is 18.1. The summed E-state index contributed by atoms with van der Waals surface area (Å²) >= 11 is 3.09. The first-order valence-corrected chi connectivity index (χ1v) is 11.8. The van der Waals surface area contributed by atoms with Crippen molar-refractivity contribution in [2.24, 2.45) is 0 Å². The molecule has 0 spiro atoms. The van der Waals surface area contributed by atoms with Crippen LogP contribution in [-0.4, -0.2) is 49.0 Å². The second kappa shape index (κ2) is 14.9. The van der Waals surface area contributed by atoms with Crippen molar-refractivity contribution < 1.29 is 149 Å². The Kier molecular flexibility index (Phi) is 15.2. The van der Waals surface area contributed by atoms with Gasteiger partial charge in [0.05, 0.1) is 17.1 Å². The van der Waals surface area contributed by atoms with E-state index in [-0.39, 0.29) is 107 Å². The van der Waals surface area contributed by atoms with Crippen molar-refractivity contribution in [3.8, 4) is 0 Å². The molecular formula is C20H18BrF3K2N2O8S. The van der Waals surface area contributed by atoms with Crippen LogP contribution in [0, 0.1) is 15.9 Å². The zero-order valence-corrected chi connectivity index (χ0v) is 28.8. The van der Waals surface area contributed by atoms with E-state index in [4.69, 9.17) is 19.7 Å². The summed E-state index contributed by atoms with van der Waals surface area (Å²) in [5.74, 6) is -1.06. The summed E-state index contributed by atoms with van der Waals surface area (Å²) in [7, 11) is -4.89. The van der Waals surface area contributed by atoms with Gasteiger partial charge in [0.15, 0.2) is 4.90 Å². The molecule has 1 atom stereocenters. The normalized spacial score (nSPS) is 19.0. The number of halogens is 4. The van der Waals surface area contributed by atoms with Gasteiger partial charge < -0.3 is 19.7 Å². The fourth-order valence-corrected chi connectivity index (χ4v) is 5.88. The first-order valence-electron chi connectivity index (χ1n) is 9.58. The Morgan fingerprint density at radius 1 is 1.16 bits per heavy atom. The van der Waals surface area contributed by atoms with Gasteiger partial charge in [-0.25, -0.2) is 21.6 Å². The third-order valence-corrected chi connectivity index (χ3v) is 7.47. The Morgan fingerprint density at radius 2 is 1.70 bits per heavy atom. The molecule has 192 valence electrons. The first-order chi connectivity index (χ1) is 16.1. The van der Waals surface area contributed by atoms with Gasteiger partial charge in [-0.1, -0.05) is 28.1 Å². The van der Waals surface area contributed by atoms with Crippen LogP contribution in [0.3, 0.4) is 0 Å². The molecule has 0 saturated carbocycles. The van der Waals surface area contributed by atoms with E-state index in [1.807, 2.05) is 0 Å². The molecule has 1 fully saturated rings. The number of benzene rings is 2. The first kappa shape index (κ1) is 37.5. The maximum Gasteiger partial charge on any atom is 1.00 e. The summed E-state index contributed by atoms with van der Waals surface area (Å²) in [6.07, 6.45) is -5.75. The maximum atomic E-state index is 14.8. The molecule has 1 unspecified atom stereocenters. The van der Waals surface area contributed by atoms with Crippen molar-refractivity contribution in [2.75, 3.05) is 13.2 Å². The molecule has 0 amide bonds. The number of nitro groups is 1. The maximum absolute atomic E-state index is 14.8. The topological polar surface area (TPSA) is 153 Å². The molecule has 0 aliphatic carbocycles. The third-order valence-electron chi connectivity index (χ3n) is 5.04. The molecule has 0 radical (unpaired) electrons. The number of morpholine rings is 1. The van der Waals surface area contributed by atoms with E-state index in [1.54, 1.807) is 0 Å². The van der Waals surface area contributed by atoms with Crippen LogP contribution in [0.4, 0.5) is 23.7 Å². The zero-order valence-electron chi connectivity index (χ0n) is 20.1. The number of hydrogen-bond acceptors (Lipinski definition) is 8. The van der Waals surface area contributed by atoms with Gasteiger partial charge >= 0.3 is 103 Å². The number of ether oxygens (including phenoxy) is 1. The Labute approximate surface area is 304 Å². The molecule has 3 rings (SSSR count). The van der Waals surface area contributed by atoms with Gasteiger partial charge in [0.2, 0.25) is 0 Å². The molecule has 1 saturated heterocycles. The summed E-state index contributed by atoms with van der Waals surface area (Å²) in [5, 5.41) is 28.1. The zero-order chi connectivity index (χ0) is 26.8. The van der Waals surface area contributed by atoms with E-state index in [0.29, 0.717) is 4.31 Å². The van der Waals surface area contributed by atoms with Gasteiger partial charge in [0.25, 0.3) is 22.1 Å². The number of para-hydroxylation sites is 1. The quantitative estimate of drug-likeness (QED) is 0.179. The predicted octanol–water partition coefficient (Wildman–Crippen LogP) is -3.98. The molecule has 0 N–H and O–H groups in total. The number of rotatable bonds is 5. The van der Waals surface area contributed by atoms with Crippen molar-refractivity contribution in [1.29, 1.82) is 0 Å². The monoisotopic (exact) mass is 660 g/mol. The number of carbonyl (C=O) groups excluding carboxylic acids is 1. The van der Waals surface area contributed by atoms with Gasteiger partial charge in [0, 0.05) is 22.6 Å². The Morgan fingerprint density at radius 3 is 2.22 bits per heavy atom. The Hall–Kier alpha value is 0.523. The SMILES string of the molecule is CC1(C)CN(S(=O)(=O)c2ccccc2[N+](=O)[O-])C(c2cc(Br)ccc2F)(C(F)F)CO1.O=C([O-])[O-].[K+].[K+]. The van der Waals surface area contributed by atoms with E-state index in [9.17, 15) is 31.7 Å². The fraction of sp³-hybridized carbons (Fsp3) is 0.350. The van der Waals surface area contributed by atoms with E-state index < -0.39 is 73.8 Å². The second-order valence-electron chi connectivity index (χ2n) is 7.88. The Balaban J connectivity index is 0.00000201. The number of carboxylic acid groups (broad SMARTS) is 2. The third kappa shape index (κ3) is 8.75. The minimum atomic E-state index is -4.89. The smallest absolute Gasteiger partial charge is 0.652 e. The minimum Gasteiger partial charge on any atom is -0.652 e. The molecule has 0 bridgehead atoms. The molecule has 37 heavy (non-hydrogen) atoms. The van der Waals surface area contributed by atoms with Crippen molar-refractivity contribution in [2.45, 2.75) is 36.3 Å². The number of alkyl halides is 2. The van der Waals surface area contributed by atoms with Gasteiger partial charge in [-0.05, 0) is 44.3 Å². The second-order valence-corrected chi connectivity index (χ2v) is 10.6. The average molecular weight is 662 g/mol. The standard InChI is InChI=1S/C19H18BrF3N2O5S.CH2O3.2K/c1-18(2)10-24(31(28,29)16-6-4-3-5-15(16)25(26)27)19(11-30-18,17(22)23)13-9-12(20)7-8-14(13)21;2-1(3)4;;/h3-9,17H,10-11H2,1-2H3;(H2,2,3,4);;/q;;2*+1/p-2. The summed E-state index contributed by atoms with van der Waals surface area (Å²) in [6, 6.07) is 7.70. The largest absolute Gasteiger partial charge is 1.00 e. The molecule has 2 aromatic carbocycles. The summed E-state index contributed by atoms with van der Waals surface area (Å²) in [6.45, 7) is 1.53. The van der Waals surface area contributed by atoms with E-state index in [0.717, 1.165) is 24.3 Å². The van der Waals surface area contributed by atoms with Crippen LogP contribution in [0.2, 0.25) is 0 Å². The molecular weight excluding hydrogens is 643 g/mol. The molecule has 10 nitrogen and oxygen atoms in total. The van der Waals surface area contributed by atoms with Gasteiger partial charge in [-0.3, -0.25) is 10.1 Å². The van der Waals surface area contributed by atoms with Crippen LogP contribution in [0.1, 0.15) is 19.4 Å². The number of carbonyl (C=O) groups is 1. The van der Waals surface area contributed by atoms with Crippen LogP contribution in [0.5, 0.6) is 0 Å². The van der Waals surface area contributed by atoms with Crippen molar-refractivity contribution in [3.05, 3.63) is 68.4 Å². The number of hydrogen-bond donors (Lipinski definition) is 0. The van der Waals surface area contributed by atoms with Crippen LogP contribution in [0.15, 0.2) is 51.8 Å². The number of nitrogens with zero attached hydrogens (tertiary/aromatic N) is 2. The van der Waals surface area contributed by atoms with Crippen LogP contribution >= 0.6 is 15.9 Å². The van der Waals surface area contributed by atoms with Gasteiger partial charge in [0.1, 0.15) is 11.4 Å². The summed E-state index contributed by atoms with van der Waals surface area (Å²) in [5.41, 5.74) is -5.33. The molecule has 2 aromatic rings. The molecule has 1 aliphatic rings. The van der Waals surface area contributed by atoms with Crippen LogP contribution in [0.25, 0.3) is 0 Å². The van der Waals surface area contributed by atoms with E-state index >= 15 is 0 Å². The van der Waals surface area contributed by atoms with Crippen molar-refractivity contribution in [1.82, 2.24) is 4.31 Å². The Bertz CT molecular complexity index is 1240. The van der Waals surface area contributed by atoms with Crippen molar-refractivity contribution >= 4 is 37.8 Å². The van der Waals surface area contributed by atoms with E-state index in [2.05, 4.69) is 15.9 Å². The minimum absolute atomic E-state index is 0. The van der Waals surface area contributed by atoms with Crippen molar-refractivity contribution in [3.63, 3.8) is 0 Å². The molecule has 1 heterocycles. The van der Waals surface area contributed by atoms with E-state index in [1.165, 1.54) is 32.0 Å². The average Bonchev–Trinajstić information content (AvgIpc) is 2.74. The van der Waals surface area contributed by atoms with Gasteiger partial charge in [-0.15, -0.1) is 0 Å². The molecule has 0 aromatic heterocycles.